The Morgan fingerprint density at radius 1 is 1.18 bits per heavy atom. The molecule has 0 radical (unpaired) electrons. The van der Waals surface area contributed by atoms with Crippen LogP contribution in [0.25, 0.3) is 0 Å². The Morgan fingerprint density at radius 3 is 2.50 bits per heavy atom. The highest BCUT2D eigenvalue weighted by Gasteiger charge is 2.34. The maximum atomic E-state index is 15.0. The number of ether oxygens (including phenoxy) is 1. The fourth-order valence-corrected chi connectivity index (χ4v) is 3.98. The molecule has 0 spiro atoms. The van der Waals surface area contributed by atoms with Crippen LogP contribution in [0.5, 0.6) is 0 Å². The number of cyclic esters (lactones) is 1. The number of nitrogens with one attached hydrogen (secondary N) is 1. The quantitative estimate of drug-likeness (QED) is 0.660. The van der Waals surface area contributed by atoms with E-state index in [0.717, 1.165) is 22.6 Å². The van der Waals surface area contributed by atoms with Gasteiger partial charge in [0.15, 0.2) is 11.6 Å². The van der Waals surface area contributed by atoms with E-state index in [1.54, 1.807) is 24.5 Å². The lowest BCUT2D eigenvalue weighted by atomic mass is 10.1. The minimum atomic E-state index is -0.826. The average molecular weight is 473 g/mol. The lowest BCUT2D eigenvalue weighted by Gasteiger charge is -2.37. The minimum absolute atomic E-state index is 0.0243. The predicted molar refractivity (Wildman–Crippen MR) is 119 cm³/mol. The van der Waals surface area contributed by atoms with Crippen LogP contribution < -0.4 is 15.2 Å². The predicted octanol–water partition coefficient (Wildman–Crippen LogP) is 2.41. The van der Waals surface area contributed by atoms with Crippen molar-refractivity contribution in [3.63, 3.8) is 0 Å². The fourth-order valence-electron chi connectivity index (χ4n) is 3.98. The van der Waals surface area contributed by atoms with E-state index in [4.69, 9.17) is 4.74 Å². The number of hydrazine groups is 1. The van der Waals surface area contributed by atoms with Crippen molar-refractivity contribution < 1.29 is 27.9 Å². The van der Waals surface area contributed by atoms with Crippen LogP contribution in [0.15, 0.2) is 36.7 Å². The number of benzene rings is 1. The molecule has 2 amide bonds. The van der Waals surface area contributed by atoms with E-state index in [2.05, 4.69) is 10.4 Å². The number of halogens is 2. The fraction of sp³-hybridized carbons (Fsp3) is 0.391. The Bertz CT molecular complexity index is 1050. The molecule has 1 aromatic carbocycles. The zero-order valence-electron chi connectivity index (χ0n) is 18.7. The molecule has 0 saturated carbocycles. The number of carbonyl (C=O) groups is 3. The summed E-state index contributed by atoms with van der Waals surface area (Å²) in [5.41, 5.74) is 3.53. The molecule has 11 heteroatoms. The van der Waals surface area contributed by atoms with Crippen molar-refractivity contribution in [2.24, 2.45) is 0 Å². The van der Waals surface area contributed by atoms with E-state index in [1.807, 2.05) is 0 Å². The van der Waals surface area contributed by atoms with Crippen LogP contribution in [0.1, 0.15) is 25.3 Å². The highest BCUT2D eigenvalue weighted by Crippen LogP contribution is 2.31. The molecule has 2 aliphatic rings. The Hall–Kier alpha value is -3.60. The Kier molecular flexibility index (Phi) is 7.01. The van der Waals surface area contributed by atoms with Crippen molar-refractivity contribution in [3.05, 3.63) is 53.9 Å². The van der Waals surface area contributed by atoms with Gasteiger partial charge in [0.05, 0.1) is 31.9 Å². The molecule has 2 aliphatic heterocycles. The van der Waals surface area contributed by atoms with Gasteiger partial charge in [0.25, 0.3) is 0 Å². The number of anilines is 2. The first-order valence-corrected chi connectivity index (χ1v) is 11.0. The van der Waals surface area contributed by atoms with Crippen LogP contribution in [0, 0.1) is 11.6 Å². The third kappa shape index (κ3) is 5.30. The normalized spacial score (nSPS) is 18.3. The molecule has 0 unspecified atom stereocenters. The monoisotopic (exact) mass is 473 g/mol. The topological polar surface area (TPSA) is 95.1 Å². The van der Waals surface area contributed by atoms with Crippen molar-refractivity contribution in [2.45, 2.75) is 32.3 Å². The number of hydrogen-bond acceptors (Lipinski definition) is 7. The number of amides is 2. The molecule has 9 nitrogen and oxygen atoms in total. The van der Waals surface area contributed by atoms with Gasteiger partial charge in [0, 0.05) is 37.5 Å². The summed E-state index contributed by atoms with van der Waals surface area (Å²) < 4.78 is 35.1. The van der Waals surface area contributed by atoms with Gasteiger partial charge in [0.1, 0.15) is 17.6 Å². The third-order valence-corrected chi connectivity index (χ3v) is 5.77. The molecule has 2 fully saturated rings. The van der Waals surface area contributed by atoms with Crippen LogP contribution in [0.3, 0.4) is 0 Å². The van der Waals surface area contributed by atoms with Gasteiger partial charge in [-0.25, -0.2) is 19.0 Å². The first-order chi connectivity index (χ1) is 16.3. The second kappa shape index (κ2) is 10.1. The molecule has 1 aromatic heterocycles. The molecule has 0 aliphatic carbocycles. The lowest BCUT2D eigenvalue weighted by molar-refractivity contribution is -0.134. The Balaban J connectivity index is 1.39. The van der Waals surface area contributed by atoms with Gasteiger partial charge >= 0.3 is 6.09 Å². The van der Waals surface area contributed by atoms with E-state index in [9.17, 15) is 23.2 Å². The number of rotatable bonds is 7. The van der Waals surface area contributed by atoms with Crippen LogP contribution in [-0.2, 0) is 20.7 Å². The molecule has 34 heavy (non-hydrogen) atoms. The van der Waals surface area contributed by atoms with E-state index in [0.29, 0.717) is 6.42 Å². The molecular weight excluding hydrogens is 448 g/mol. The van der Waals surface area contributed by atoms with Gasteiger partial charge in [-0.15, -0.1) is 0 Å². The largest absolute Gasteiger partial charge is 0.444 e. The molecule has 2 saturated heterocycles. The number of nitrogens with zero attached hydrogens (tertiary/aromatic N) is 4. The summed E-state index contributed by atoms with van der Waals surface area (Å²) in [4.78, 5) is 42.4. The van der Waals surface area contributed by atoms with E-state index >= 15 is 0 Å². The SMILES string of the molecule is CC(=O)CC[C@H]1CN(c2cc(F)c(N3CCN(C(=O)Cc4ccncc4)NC3)c(F)c2)C(=O)O1. The van der Waals surface area contributed by atoms with Crippen LogP contribution in [-0.4, -0.2) is 60.2 Å². The van der Waals surface area contributed by atoms with Crippen molar-refractivity contribution in [2.75, 3.05) is 36.1 Å². The first kappa shape index (κ1) is 23.6. The third-order valence-electron chi connectivity index (χ3n) is 5.77. The minimum Gasteiger partial charge on any atom is -0.444 e. The van der Waals surface area contributed by atoms with E-state index < -0.39 is 23.8 Å². The zero-order chi connectivity index (χ0) is 24.2. The maximum absolute atomic E-state index is 15.0. The van der Waals surface area contributed by atoms with Gasteiger partial charge in [-0.1, -0.05) is 0 Å². The van der Waals surface area contributed by atoms with Gasteiger partial charge < -0.3 is 14.4 Å². The zero-order valence-corrected chi connectivity index (χ0v) is 18.7. The molecule has 3 heterocycles. The molecule has 180 valence electrons. The number of Topliss-reactive ketones (excluding diaryl/α,β-unsaturated/α-hetero) is 1. The van der Waals surface area contributed by atoms with Crippen LogP contribution in [0.4, 0.5) is 25.0 Å². The molecule has 1 N–H and O–H groups in total. The van der Waals surface area contributed by atoms with Crippen molar-refractivity contribution in [3.8, 4) is 0 Å². The standard InChI is InChI=1S/C23H25F2N5O4/c1-15(31)2-3-18-13-29(23(33)34-18)17-11-19(24)22(20(25)12-17)28-8-9-30(27-14-28)21(32)10-16-4-6-26-7-5-16/h4-7,11-12,18,27H,2-3,8-10,13-14H2,1H3/t18-/m0/s1. The summed E-state index contributed by atoms with van der Waals surface area (Å²) in [6.07, 6.45) is 2.81. The van der Waals surface area contributed by atoms with Gasteiger partial charge in [-0.05, 0) is 31.0 Å². The number of ketones is 1. The highest BCUT2D eigenvalue weighted by atomic mass is 19.1. The number of pyridine rings is 1. The summed E-state index contributed by atoms with van der Waals surface area (Å²) in [6, 6.07) is 5.69. The lowest BCUT2D eigenvalue weighted by Crippen LogP contribution is -2.57. The molecule has 2 aromatic rings. The van der Waals surface area contributed by atoms with Gasteiger partial charge in [-0.3, -0.25) is 19.7 Å². The molecule has 1 atom stereocenters. The molecule has 0 bridgehead atoms. The molecule has 4 rings (SSSR count). The Labute approximate surface area is 195 Å². The first-order valence-electron chi connectivity index (χ1n) is 11.0. The summed E-state index contributed by atoms with van der Waals surface area (Å²) in [6.45, 7) is 2.06. The van der Waals surface area contributed by atoms with Crippen molar-refractivity contribution in [1.29, 1.82) is 0 Å². The summed E-state index contributed by atoms with van der Waals surface area (Å²) in [5, 5.41) is 1.43. The average Bonchev–Trinajstić information content (AvgIpc) is 3.19. The number of hydrogen-bond donors (Lipinski definition) is 1. The molecular formula is C23H25F2N5O4. The van der Waals surface area contributed by atoms with Gasteiger partial charge in [0.2, 0.25) is 5.91 Å². The summed E-state index contributed by atoms with van der Waals surface area (Å²) >= 11 is 0. The second-order valence-corrected chi connectivity index (χ2v) is 8.27. The van der Waals surface area contributed by atoms with Crippen molar-refractivity contribution in [1.82, 2.24) is 15.4 Å². The summed E-state index contributed by atoms with van der Waals surface area (Å²) in [7, 11) is 0. The van der Waals surface area contributed by atoms with Gasteiger partial charge in [-0.2, -0.15) is 0 Å². The Morgan fingerprint density at radius 2 is 1.88 bits per heavy atom. The summed E-state index contributed by atoms with van der Waals surface area (Å²) in [5.74, 6) is -1.83. The second-order valence-electron chi connectivity index (χ2n) is 8.27. The number of carbonyl (C=O) groups excluding carboxylic acids is 3. The van der Waals surface area contributed by atoms with Crippen LogP contribution >= 0.6 is 0 Å². The highest BCUT2D eigenvalue weighted by molar-refractivity contribution is 5.90. The smallest absolute Gasteiger partial charge is 0.414 e. The van der Waals surface area contributed by atoms with E-state index in [1.165, 1.54) is 16.8 Å². The maximum Gasteiger partial charge on any atom is 0.414 e. The van der Waals surface area contributed by atoms with Crippen molar-refractivity contribution >= 4 is 29.2 Å². The number of aromatic nitrogens is 1. The van der Waals surface area contributed by atoms with Crippen LogP contribution in [0.2, 0.25) is 0 Å². The van der Waals surface area contributed by atoms with E-state index in [-0.39, 0.29) is 62.2 Å².